The molecule has 164 valence electrons. The molecular weight excluding hydrogens is 404 g/mol. The van der Waals surface area contributed by atoms with Crippen molar-refractivity contribution in [3.63, 3.8) is 0 Å². The van der Waals surface area contributed by atoms with Crippen LogP contribution in [0.1, 0.15) is 48.5 Å². The summed E-state index contributed by atoms with van der Waals surface area (Å²) >= 11 is 0. The van der Waals surface area contributed by atoms with Gasteiger partial charge < -0.3 is 9.80 Å². The Balaban J connectivity index is 1.46. The zero-order valence-electron chi connectivity index (χ0n) is 18.2. The van der Waals surface area contributed by atoms with Crippen LogP contribution in [0.5, 0.6) is 0 Å². The molecule has 1 fully saturated rings. The van der Waals surface area contributed by atoms with E-state index in [2.05, 4.69) is 6.07 Å². The maximum absolute atomic E-state index is 13.3. The molecule has 0 spiro atoms. The van der Waals surface area contributed by atoms with Crippen LogP contribution in [0.4, 0.5) is 5.69 Å². The van der Waals surface area contributed by atoms with E-state index in [1.165, 1.54) is 4.90 Å². The Labute approximate surface area is 187 Å². The molecule has 1 saturated heterocycles. The summed E-state index contributed by atoms with van der Waals surface area (Å²) in [7, 11) is 0. The average Bonchev–Trinajstić information content (AvgIpc) is 3.11. The van der Waals surface area contributed by atoms with Crippen molar-refractivity contribution in [2.75, 3.05) is 18.0 Å². The van der Waals surface area contributed by atoms with Crippen molar-refractivity contribution in [3.05, 3.63) is 65.7 Å². The Hall–Kier alpha value is -3.66. The summed E-state index contributed by atoms with van der Waals surface area (Å²) in [4.78, 5) is 43.8. The molecule has 0 N–H and O–H groups in total. The van der Waals surface area contributed by atoms with Gasteiger partial charge in [-0.2, -0.15) is 5.26 Å². The highest BCUT2D eigenvalue weighted by molar-refractivity contribution is 6.10. The van der Waals surface area contributed by atoms with Crippen LogP contribution in [0.3, 0.4) is 0 Å². The largest absolute Gasteiger partial charge is 0.325 e. The molecule has 0 radical (unpaired) electrons. The van der Waals surface area contributed by atoms with E-state index in [4.69, 9.17) is 5.26 Å². The molecule has 2 heterocycles. The Bertz CT molecular complexity index is 1080. The summed E-state index contributed by atoms with van der Waals surface area (Å²) in [5.41, 5.74) is 1.42. The molecular formula is C25H26N4O3. The number of amides is 3. The van der Waals surface area contributed by atoms with Crippen LogP contribution in [0.2, 0.25) is 0 Å². The maximum Gasteiger partial charge on any atom is 0.257 e. The molecule has 2 aliphatic rings. The van der Waals surface area contributed by atoms with Crippen molar-refractivity contribution in [1.82, 2.24) is 9.80 Å². The highest BCUT2D eigenvalue weighted by Crippen LogP contribution is 2.44. The van der Waals surface area contributed by atoms with Gasteiger partial charge in [0.25, 0.3) is 5.91 Å². The van der Waals surface area contributed by atoms with Crippen molar-refractivity contribution >= 4 is 23.4 Å². The molecule has 0 saturated carbocycles. The van der Waals surface area contributed by atoms with Crippen LogP contribution in [-0.4, -0.2) is 46.3 Å². The second-order valence-electron chi connectivity index (χ2n) is 8.42. The first-order chi connectivity index (χ1) is 15.5. The number of nitriles is 1. The smallest absolute Gasteiger partial charge is 0.257 e. The summed E-state index contributed by atoms with van der Waals surface area (Å²) < 4.78 is 0. The third kappa shape index (κ3) is 3.84. The highest BCUT2D eigenvalue weighted by Gasteiger charge is 2.52. The van der Waals surface area contributed by atoms with Crippen molar-refractivity contribution in [3.8, 4) is 6.07 Å². The van der Waals surface area contributed by atoms with Gasteiger partial charge in [0.2, 0.25) is 11.8 Å². The lowest BCUT2D eigenvalue weighted by Gasteiger charge is -2.48. The fraction of sp³-hybridized carbons (Fsp3) is 0.360. The fourth-order valence-electron chi connectivity index (χ4n) is 4.71. The van der Waals surface area contributed by atoms with Crippen molar-refractivity contribution in [1.29, 1.82) is 5.26 Å². The number of nitrogens with zero attached hydrogens (tertiary/aromatic N) is 4. The van der Waals surface area contributed by atoms with E-state index in [0.717, 1.165) is 5.56 Å². The van der Waals surface area contributed by atoms with Crippen LogP contribution < -0.4 is 4.90 Å². The van der Waals surface area contributed by atoms with Gasteiger partial charge in [-0.05, 0) is 37.5 Å². The topological polar surface area (TPSA) is 84.7 Å². The number of anilines is 1. The van der Waals surface area contributed by atoms with Gasteiger partial charge in [0.05, 0.1) is 17.3 Å². The number of carbonyl (C=O) groups excluding carboxylic acids is 3. The summed E-state index contributed by atoms with van der Waals surface area (Å²) in [6, 6.07) is 18.8. The first kappa shape index (κ1) is 21.6. The van der Waals surface area contributed by atoms with Crippen molar-refractivity contribution in [2.45, 2.75) is 44.8 Å². The van der Waals surface area contributed by atoms with Crippen LogP contribution in [0.15, 0.2) is 54.6 Å². The van der Waals surface area contributed by atoms with Gasteiger partial charge in [-0.1, -0.05) is 42.5 Å². The first-order valence-corrected chi connectivity index (χ1v) is 10.9. The minimum atomic E-state index is -0.720. The van der Waals surface area contributed by atoms with Gasteiger partial charge in [-0.15, -0.1) is 0 Å². The zero-order valence-corrected chi connectivity index (χ0v) is 18.2. The van der Waals surface area contributed by atoms with E-state index in [9.17, 15) is 14.4 Å². The molecule has 32 heavy (non-hydrogen) atoms. The normalized spacial score (nSPS) is 19.4. The maximum atomic E-state index is 13.3. The predicted octanol–water partition coefficient (Wildman–Crippen LogP) is 3.32. The summed E-state index contributed by atoms with van der Waals surface area (Å²) in [6.07, 6.45) is 1.64. The zero-order chi connectivity index (χ0) is 22.7. The number of para-hydroxylation sites is 1. The van der Waals surface area contributed by atoms with Crippen LogP contribution in [0, 0.1) is 11.3 Å². The summed E-state index contributed by atoms with van der Waals surface area (Å²) in [5.74, 6) is -0.221. The molecule has 0 aliphatic carbocycles. The van der Waals surface area contributed by atoms with Crippen LogP contribution >= 0.6 is 0 Å². The van der Waals surface area contributed by atoms with Gasteiger partial charge in [-0.3, -0.25) is 19.3 Å². The minimum Gasteiger partial charge on any atom is -0.325 e. The number of carbonyl (C=O) groups is 3. The van der Waals surface area contributed by atoms with E-state index in [0.29, 0.717) is 43.6 Å². The third-order valence-corrected chi connectivity index (χ3v) is 6.35. The second kappa shape index (κ2) is 8.83. The van der Waals surface area contributed by atoms with Gasteiger partial charge in [0, 0.05) is 25.9 Å². The highest BCUT2D eigenvalue weighted by atomic mass is 16.2. The lowest BCUT2D eigenvalue weighted by atomic mass is 9.98. The molecule has 2 aliphatic heterocycles. The molecule has 0 bridgehead atoms. The SMILES string of the molecule is CC12CCC(=O)N1c1ccccc1C(=O)N2CCCC(=O)N(CC#N)Cc1ccccc1. The molecule has 4 rings (SSSR count). The molecule has 1 atom stereocenters. The van der Waals surface area contributed by atoms with Gasteiger partial charge in [-0.25, -0.2) is 0 Å². The van der Waals surface area contributed by atoms with Crippen LogP contribution in [-0.2, 0) is 16.1 Å². The van der Waals surface area contributed by atoms with Crippen molar-refractivity contribution in [2.24, 2.45) is 0 Å². The quantitative estimate of drug-likeness (QED) is 0.631. The number of hydrogen-bond acceptors (Lipinski definition) is 4. The number of benzene rings is 2. The summed E-state index contributed by atoms with van der Waals surface area (Å²) in [6.45, 7) is 2.68. The lowest BCUT2D eigenvalue weighted by molar-refractivity contribution is -0.131. The molecule has 7 nitrogen and oxygen atoms in total. The molecule has 1 unspecified atom stereocenters. The first-order valence-electron chi connectivity index (χ1n) is 10.9. The monoisotopic (exact) mass is 430 g/mol. The fourth-order valence-corrected chi connectivity index (χ4v) is 4.71. The van der Waals surface area contributed by atoms with Crippen LogP contribution in [0.25, 0.3) is 0 Å². The molecule has 3 amide bonds. The van der Waals surface area contributed by atoms with Gasteiger partial charge >= 0.3 is 0 Å². The van der Waals surface area contributed by atoms with Crippen molar-refractivity contribution < 1.29 is 14.4 Å². The molecule has 2 aromatic carbocycles. The Morgan fingerprint density at radius 2 is 1.84 bits per heavy atom. The number of fused-ring (bicyclic) bond motifs is 3. The molecule has 2 aromatic rings. The molecule has 0 aromatic heterocycles. The van der Waals surface area contributed by atoms with Gasteiger partial charge in [0.1, 0.15) is 12.2 Å². The standard InChI is InChI=1S/C25H26N4O3/c1-25-14-13-23(31)29(25)21-11-6-5-10-20(21)24(32)28(25)16-7-12-22(30)27(17-15-26)18-19-8-3-2-4-9-19/h2-6,8-11H,7,12-14,16-18H2,1H3. The Morgan fingerprint density at radius 1 is 1.12 bits per heavy atom. The van der Waals surface area contributed by atoms with E-state index in [1.54, 1.807) is 21.9 Å². The minimum absolute atomic E-state index is 0.0107. The average molecular weight is 431 g/mol. The molecule has 7 heteroatoms. The Kier molecular flexibility index (Phi) is 5.95. The predicted molar refractivity (Wildman–Crippen MR) is 119 cm³/mol. The lowest BCUT2D eigenvalue weighted by Crippen LogP contribution is -2.62. The Morgan fingerprint density at radius 3 is 2.59 bits per heavy atom. The van der Waals surface area contributed by atoms with E-state index in [-0.39, 0.29) is 30.7 Å². The number of rotatable bonds is 7. The second-order valence-corrected chi connectivity index (χ2v) is 8.42. The van der Waals surface area contributed by atoms with E-state index < -0.39 is 5.66 Å². The van der Waals surface area contributed by atoms with E-state index >= 15 is 0 Å². The third-order valence-electron chi connectivity index (χ3n) is 6.35. The number of hydrogen-bond donors (Lipinski definition) is 0. The van der Waals surface area contributed by atoms with E-state index in [1.807, 2.05) is 49.4 Å². The summed E-state index contributed by atoms with van der Waals surface area (Å²) in [5, 5.41) is 9.15. The van der Waals surface area contributed by atoms with Gasteiger partial charge in [0.15, 0.2) is 0 Å².